The lowest BCUT2D eigenvalue weighted by Gasteiger charge is -2.26. The molecule has 0 aliphatic heterocycles. The van der Waals surface area contributed by atoms with Crippen molar-refractivity contribution < 1.29 is 4.74 Å². The number of allylic oxidation sites excluding steroid dienone is 1. The lowest BCUT2D eigenvalue weighted by Crippen LogP contribution is -2.13. The monoisotopic (exact) mass is 368 g/mol. The van der Waals surface area contributed by atoms with Gasteiger partial charge in [0, 0.05) is 12.6 Å². The Labute approximate surface area is 163 Å². The molecular weight excluding hydrogens is 340 g/mol. The molecule has 1 fully saturated rings. The average Bonchev–Trinajstić information content (AvgIpc) is 2.69. The fourth-order valence-electron chi connectivity index (χ4n) is 3.97. The fourth-order valence-corrected chi connectivity index (χ4v) is 4.17. The van der Waals surface area contributed by atoms with E-state index in [2.05, 4.69) is 54.6 Å². The van der Waals surface area contributed by atoms with Crippen LogP contribution in [0.25, 0.3) is 11.1 Å². The summed E-state index contributed by atoms with van der Waals surface area (Å²) in [6.07, 6.45) is 9.95. The van der Waals surface area contributed by atoms with Crippen molar-refractivity contribution in [3.8, 4) is 11.1 Å². The molecule has 0 heterocycles. The molecule has 1 nitrogen and oxygen atoms in total. The van der Waals surface area contributed by atoms with Crippen molar-refractivity contribution in [2.24, 2.45) is 11.8 Å². The van der Waals surface area contributed by atoms with E-state index in [-0.39, 0.29) is 0 Å². The third-order valence-electron chi connectivity index (χ3n) is 5.63. The number of ether oxygens (including phenoxy) is 1. The van der Waals surface area contributed by atoms with E-state index in [9.17, 15) is 0 Å². The predicted molar refractivity (Wildman–Crippen MR) is 111 cm³/mol. The molecule has 0 unspecified atom stereocenters. The van der Waals surface area contributed by atoms with Gasteiger partial charge in [-0.15, -0.1) is 0 Å². The minimum absolute atomic E-state index is 0.670. The molecule has 0 amide bonds. The number of hydrogen-bond donors (Lipinski definition) is 0. The van der Waals surface area contributed by atoms with Crippen LogP contribution in [0.1, 0.15) is 43.2 Å². The summed E-state index contributed by atoms with van der Waals surface area (Å²) in [4.78, 5) is 0. The summed E-state index contributed by atoms with van der Waals surface area (Å²) in [6.45, 7) is 0.670. The molecule has 0 aromatic heterocycles. The van der Waals surface area contributed by atoms with Crippen LogP contribution in [0.5, 0.6) is 0 Å². The van der Waals surface area contributed by atoms with Crippen molar-refractivity contribution in [2.75, 3.05) is 7.11 Å². The summed E-state index contributed by atoms with van der Waals surface area (Å²) in [5.74, 6) is 1.58. The highest BCUT2D eigenvalue weighted by Gasteiger charge is 2.19. The van der Waals surface area contributed by atoms with E-state index >= 15 is 0 Å². The maximum absolute atomic E-state index is 5.71. The molecule has 26 heavy (non-hydrogen) atoms. The van der Waals surface area contributed by atoms with Crippen LogP contribution >= 0.6 is 11.6 Å². The first-order valence-corrected chi connectivity index (χ1v) is 10.2. The van der Waals surface area contributed by atoms with Crippen molar-refractivity contribution >= 4 is 11.6 Å². The second-order valence-electron chi connectivity index (χ2n) is 7.46. The van der Waals surface area contributed by atoms with Gasteiger partial charge in [-0.05, 0) is 72.6 Å². The van der Waals surface area contributed by atoms with Gasteiger partial charge in [-0.25, -0.2) is 0 Å². The topological polar surface area (TPSA) is 9.23 Å². The fraction of sp³-hybridized carbons (Fsp3) is 0.417. The number of hydrogen-bond acceptors (Lipinski definition) is 1. The van der Waals surface area contributed by atoms with Gasteiger partial charge in [0.2, 0.25) is 0 Å². The van der Waals surface area contributed by atoms with Crippen LogP contribution < -0.4 is 0 Å². The van der Waals surface area contributed by atoms with Crippen molar-refractivity contribution in [3.05, 3.63) is 71.3 Å². The maximum Gasteiger partial charge on any atom is 0.0713 e. The Balaban J connectivity index is 1.50. The Morgan fingerprint density at radius 3 is 2.00 bits per heavy atom. The predicted octanol–water partition coefficient (Wildman–Crippen LogP) is 6.99. The van der Waals surface area contributed by atoms with E-state index in [4.69, 9.17) is 16.3 Å². The SMILES string of the molecule is COCc1ccc(-c2ccc(CCC3CCC(/C=C/Cl)CC3)cc2)cc1. The molecule has 0 saturated heterocycles. The number of aryl methyl sites for hydroxylation is 1. The van der Waals surface area contributed by atoms with Crippen molar-refractivity contribution in [3.63, 3.8) is 0 Å². The Bertz CT molecular complexity index is 679. The zero-order valence-electron chi connectivity index (χ0n) is 15.7. The second-order valence-corrected chi connectivity index (χ2v) is 7.72. The van der Waals surface area contributed by atoms with Crippen LogP contribution in [0.4, 0.5) is 0 Å². The van der Waals surface area contributed by atoms with E-state index in [1.54, 1.807) is 12.6 Å². The van der Waals surface area contributed by atoms with Crippen molar-refractivity contribution in [2.45, 2.75) is 45.1 Å². The smallest absolute Gasteiger partial charge is 0.0713 e. The summed E-state index contributed by atoms with van der Waals surface area (Å²) < 4.78 is 5.17. The van der Waals surface area contributed by atoms with E-state index in [0.29, 0.717) is 12.5 Å². The van der Waals surface area contributed by atoms with Crippen molar-refractivity contribution in [1.82, 2.24) is 0 Å². The van der Waals surface area contributed by atoms with E-state index in [1.165, 1.54) is 60.8 Å². The summed E-state index contributed by atoms with van der Waals surface area (Å²) in [5, 5.41) is 0. The van der Waals surface area contributed by atoms with Gasteiger partial charge in [-0.2, -0.15) is 0 Å². The van der Waals surface area contributed by atoms with Crippen LogP contribution in [0.3, 0.4) is 0 Å². The van der Waals surface area contributed by atoms with Gasteiger partial charge in [0.15, 0.2) is 0 Å². The van der Waals surface area contributed by atoms with Crippen LogP contribution in [0.2, 0.25) is 0 Å². The summed E-state index contributed by atoms with van der Waals surface area (Å²) >= 11 is 5.71. The van der Waals surface area contributed by atoms with Crippen LogP contribution in [0, 0.1) is 11.8 Å². The van der Waals surface area contributed by atoms with E-state index < -0.39 is 0 Å². The molecule has 0 N–H and O–H groups in total. The highest BCUT2D eigenvalue weighted by atomic mass is 35.5. The lowest BCUT2D eigenvalue weighted by molar-refractivity contribution is 0.185. The van der Waals surface area contributed by atoms with Gasteiger partial charge < -0.3 is 4.74 Å². The normalized spacial score (nSPS) is 20.5. The molecule has 1 saturated carbocycles. The summed E-state index contributed by atoms with van der Waals surface area (Å²) in [5.41, 5.74) is 6.90. The lowest BCUT2D eigenvalue weighted by atomic mass is 9.79. The first-order valence-electron chi connectivity index (χ1n) is 9.72. The first-order chi connectivity index (χ1) is 12.8. The molecule has 1 aliphatic carbocycles. The molecule has 2 heteroatoms. The van der Waals surface area contributed by atoms with Gasteiger partial charge in [-0.3, -0.25) is 0 Å². The minimum atomic E-state index is 0.670. The molecule has 0 bridgehead atoms. The Hall–Kier alpha value is -1.57. The summed E-state index contributed by atoms with van der Waals surface area (Å²) in [7, 11) is 1.73. The summed E-state index contributed by atoms with van der Waals surface area (Å²) in [6, 6.07) is 17.7. The quantitative estimate of drug-likeness (QED) is 0.511. The molecule has 2 aromatic carbocycles. The molecule has 0 radical (unpaired) electrons. The standard InChI is InChI=1S/C24H29ClO/c1-26-18-22-10-14-24(15-11-22)23-12-8-20(9-13-23)3-2-19-4-6-21(7-5-19)16-17-25/h8-17,19,21H,2-7,18H2,1H3/b17-16+. The number of halogens is 1. The molecular formula is C24H29ClO. The Morgan fingerprint density at radius 2 is 1.46 bits per heavy atom. The zero-order chi connectivity index (χ0) is 18.2. The Morgan fingerprint density at radius 1 is 0.885 bits per heavy atom. The maximum atomic E-state index is 5.71. The third-order valence-corrected chi connectivity index (χ3v) is 5.78. The average molecular weight is 369 g/mol. The largest absolute Gasteiger partial charge is 0.380 e. The van der Waals surface area contributed by atoms with Crippen molar-refractivity contribution in [1.29, 1.82) is 0 Å². The van der Waals surface area contributed by atoms with Gasteiger partial charge in [0.25, 0.3) is 0 Å². The van der Waals surface area contributed by atoms with Gasteiger partial charge >= 0.3 is 0 Å². The molecule has 3 rings (SSSR count). The highest BCUT2D eigenvalue weighted by molar-refractivity contribution is 6.25. The molecule has 2 aromatic rings. The van der Waals surface area contributed by atoms with E-state index in [1.807, 2.05) is 0 Å². The zero-order valence-corrected chi connectivity index (χ0v) is 16.4. The van der Waals surface area contributed by atoms with Gasteiger partial charge in [0.05, 0.1) is 6.61 Å². The van der Waals surface area contributed by atoms with Crippen LogP contribution in [-0.4, -0.2) is 7.11 Å². The van der Waals surface area contributed by atoms with E-state index in [0.717, 1.165) is 5.92 Å². The molecule has 1 aliphatic rings. The number of benzene rings is 2. The minimum Gasteiger partial charge on any atom is -0.380 e. The second kappa shape index (κ2) is 9.94. The third kappa shape index (κ3) is 5.46. The number of rotatable bonds is 7. The Kier molecular flexibility index (Phi) is 7.34. The molecule has 0 atom stereocenters. The number of methoxy groups -OCH3 is 1. The first kappa shape index (κ1) is 19.2. The van der Waals surface area contributed by atoms with Crippen LogP contribution in [0.15, 0.2) is 60.1 Å². The highest BCUT2D eigenvalue weighted by Crippen LogP contribution is 2.32. The van der Waals surface area contributed by atoms with Gasteiger partial charge in [-0.1, -0.05) is 66.2 Å². The molecule has 138 valence electrons. The molecule has 0 spiro atoms. The van der Waals surface area contributed by atoms with Crippen LogP contribution in [-0.2, 0) is 17.8 Å². The van der Waals surface area contributed by atoms with Gasteiger partial charge in [0.1, 0.15) is 0 Å².